The molecule has 0 aromatic heterocycles. The number of hydrogen-bond acceptors (Lipinski definition) is 5. The van der Waals surface area contributed by atoms with Crippen LogP contribution in [0.2, 0.25) is 0 Å². The minimum Gasteiger partial charge on any atom is -0.504 e. The average Bonchev–Trinajstić information content (AvgIpc) is 2.53. The predicted octanol–water partition coefficient (Wildman–Crippen LogP) is 1.77. The zero-order valence-electron chi connectivity index (χ0n) is 13.1. The lowest BCUT2D eigenvalue weighted by Gasteiger charge is -2.32. The van der Waals surface area contributed by atoms with Crippen molar-refractivity contribution in [2.45, 2.75) is 26.0 Å². The Morgan fingerprint density at radius 3 is 3.05 bits per heavy atom. The molecule has 118 valence electrons. The van der Waals surface area contributed by atoms with Crippen molar-refractivity contribution in [3.05, 3.63) is 23.8 Å². The van der Waals surface area contributed by atoms with Crippen LogP contribution in [0.1, 0.15) is 25.5 Å². The zero-order chi connectivity index (χ0) is 15.2. The number of nitrogens with one attached hydrogen (secondary N) is 1. The monoisotopic (exact) mass is 294 g/mol. The number of likely N-dealkylation sites (N-methyl/N-ethyl adjacent to an activating group) is 1. The van der Waals surface area contributed by atoms with Gasteiger partial charge in [-0.15, -0.1) is 0 Å². The molecule has 1 saturated heterocycles. The summed E-state index contributed by atoms with van der Waals surface area (Å²) in [6.07, 6.45) is 0.236. The first kappa shape index (κ1) is 16.1. The number of phenols is 1. The number of rotatable bonds is 6. The molecule has 2 rings (SSSR count). The van der Waals surface area contributed by atoms with Crippen LogP contribution in [0.15, 0.2) is 18.2 Å². The maximum atomic E-state index is 9.64. The van der Waals surface area contributed by atoms with Gasteiger partial charge in [-0.3, -0.25) is 4.90 Å². The first-order valence-electron chi connectivity index (χ1n) is 7.58. The van der Waals surface area contributed by atoms with Crippen molar-refractivity contribution in [3.63, 3.8) is 0 Å². The van der Waals surface area contributed by atoms with Crippen molar-refractivity contribution in [3.8, 4) is 11.5 Å². The molecule has 0 radical (unpaired) electrons. The second-order valence-electron chi connectivity index (χ2n) is 5.45. The summed E-state index contributed by atoms with van der Waals surface area (Å²) < 4.78 is 10.9. The predicted molar refractivity (Wildman–Crippen MR) is 82.9 cm³/mol. The smallest absolute Gasteiger partial charge is 0.160 e. The number of hydrogen-bond donors (Lipinski definition) is 2. The van der Waals surface area contributed by atoms with Crippen LogP contribution in [0.5, 0.6) is 11.5 Å². The fourth-order valence-corrected chi connectivity index (χ4v) is 2.58. The summed E-state index contributed by atoms with van der Waals surface area (Å²) in [7, 11) is 1.56. The van der Waals surface area contributed by atoms with Crippen molar-refractivity contribution in [2.75, 3.05) is 39.9 Å². The highest BCUT2D eigenvalue weighted by Gasteiger charge is 2.20. The van der Waals surface area contributed by atoms with Gasteiger partial charge in [-0.2, -0.15) is 0 Å². The standard InChI is InChI=1S/C16H26N2O3/c1-4-18-7-8-21-14(11-18)10-17-12(2)13-5-6-15(19)16(9-13)20-3/h5-6,9,12,14,17,19H,4,7-8,10-11H2,1-3H3. The summed E-state index contributed by atoms with van der Waals surface area (Å²) in [6.45, 7) is 8.99. The summed E-state index contributed by atoms with van der Waals surface area (Å²) in [6, 6.07) is 5.63. The van der Waals surface area contributed by atoms with E-state index in [1.807, 2.05) is 12.1 Å². The number of benzene rings is 1. The highest BCUT2D eigenvalue weighted by Crippen LogP contribution is 2.28. The molecular weight excluding hydrogens is 268 g/mol. The number of ether oxygens (including phenoxy) is 2. The van der Waals surface area contributed by atoms with Crippen LogP contribution >= 0.6 is 0 Å². The molecule has 0 bridgehead atoms. The third-order valence-electron chi connectivity index (χ3n) is 4.03. The van der Waals surface area contributed by atoms with Crippen molar-refractivity contribution < 1.29 is 14.6 Å². The molecule has 1 heterocycles. The van der Waals surface area contributed by atoms with E-state index in [4.69, 9.17) is 9.47 Å². The molecule has 1 fully saturated rings. The van der Waals surface area contributed by atoms with Crippen LogP contribution < -0.4 is 10.1 Å². The van der Waals surface area contributed by atoms with E-state index < -0.39 is 0 Å². The molecule has 0 saturated carbocycles. The quantitative estimate of drug-likeness (QED) is 0.837. The Bertz CT molecular complexity index is 453. The number of methoxy groups -OCH3 is 1. The van der Waals surface area contributed by atoms with Gasteiger partial charge < -0.3 is 19.9 Å². The van der Waals surface area contributed by atoms with Gasteiger partial charge in [-0.25, -0.2) is 0 Å². The Labute approximate surface area is 126 Å². The molecule has 5 nitrogen and oxygen atoms in total. The van der Waals surface area contributed by atoms with Crippen molar-refractivity contribution >= 4 is 0 Å². The van der Waals surface area contributed by atoms with Gasteiger partial charge >= 0.3 is 0 Å². The maximum Gasteiger partial charge on any atom is 0.160 e. The Morgan fingerprint density at radius 2 is 2.33 bits per heavy atom. The Balaban J connectivity index is 1.88. The normalized spacial score (nSPS) is 21.2. The summed E-state index contributed by atoms with van der Waals surface area (Å²) in [5.41, 5.74) is 1.09. The molecular formula is C16H26N2O3. The summed E-state index contributed by atoms with van der Waals surface area (Å²) in [5, 5.41) is 13.1. The van der Waals surface area contributed by atoms with Gasteiger partial charge in [0.15, 0.2) is 11.5 Å². The first-order valence-corrected chi connectivity index (χ1v) is 7.58. The van der Waals surface area contributed by atoms with Gasteiger partial charge in [-0.05, 0) is 31.2 Å². The summed E-state index contributed by atoms with van der Waals surface area (Å²) >= 11 is 0. The van der Waals surface area contributed by atoms with Crippen LogP contribution in [0.4, 0.5) is 0 Å². The molecule has 21 heavy (non-hydrogen) atoms. The third-order valence-corrected chi connectivity index (χ3v) is 4.03. The number of nitrogens with zero attached hydrogens (tertiary/aromatic N) is 1. The topological polar surface area (TPSA) is 54.0 Å². The Hall–Kier alpha value is -1.30. The molecule has 2 atom stereocenters. The van der Waals surface area contributed by atoms with Crippen LogP contribution in [-0.2, 0) is 4.74 Å². The molecule has 1 aliphatic heterocycles. The van der Waals surface area contributed by atoms with E-state index in [0.29, 0.717) is 5.75 Å². The van der Waals surface area contributed by atoms with Gasteiger partial charge in [0, 0.05) is 25.7 Å². The molecule has 0 spiro atoms. The van der Waals surface area contributed by atoms with E-state index in [0.717, 1.165) is 38.3 Å². The van der Waals surface area contributed by atoms with E-state index in [9.17, 15) is 5.11 Å². The van der Waals surface area contributed by atoms with Gasteiger partial charge in [-0.1, -0.05) is 13.0 Å². The van der Waals surface area contributed by atoms with Crippen LogP contribution in [0.25, 0.3) is 0 Å². The lowest BCUT2D eigenvalue weighted by atomic mass is 10.1. The summed E-state index contributed by atoms with van der Waals surface area (Å²) in [5.74, 6) is 0.676. The average molecular weight is 294 g/mol. The first-order chi connectivity index (χ1) is 10.1. The van der Waals surface area contributed by atoms with Gasteiger partial charge in [0.2, 0.25) is 0 Å². The molecule has 1 aromatic carbocycles. The lowest BCUT2D eigenvalue weighted by molar-refractivity contribution is -0.0262. The molecule has 2 unspecified atom stereocenters. The van der Waals surface area contributed by atoms with Gasteiger partial charge in [0.25, 0.3) is 0 Å². The molecule has 0 amide bonds. The lowest BCUT2D eigenvalue weighted by Crippen LogP contribution is -2.46. The van der Waals surface area contributed by atoms with Crippen LogP contribution in [0, 0.1) is 0 Å². The van der Waals surface area contributed by atoms with Crippen molar-refractivity contribution in [1.82, 2.24) is 10.2 Å². The highest BCUT2D eigenvalue weighted by atomic mass is 16.5. The Kier molecular flexibility index (Phi) is 5.85. The van der Waals surface area contributed by atoms with Crippen LogP contribution in [0.3, 0.4) is 0 Å². The minimum atomic E-state index is 0.169. The fourth-order valence-electron chi connectivity index (χ4n) is 2.58. The number of phenolic OH excluding ortho intramolecular Hbond substituents is 1. The summed E-state index contributed by atoms with van der Waals surface area (Å²) in [4.78, 5) is 2.41. The number of aromatic hydroxyl groups is 1. The van der Waals surface area contributed by atoms with Crippen LogP contribution in [-0.4, -0.2) is 56.0 Å². The second kappa shape index (κ2) is 7.64. The zero-order valence-corrected chi connectivity index (χ0v) is 13.1. The fraction of sp³-hybridized carbons (Fsp3) is 0.625. The second-order valence-corrected chi connectivity index (χ2v) is 5.45. The Morgan fingerprint density at radius 1 is 1.52 bits per heavy atom. The molecule has 2 N–H and O–H groups in total. The largest absolute Gasteiger partial charge is 0.504 e. The highest BCUT2D eigenvalue weighted by molar-refractivity contribution is 5.42. The van der Waals surface area contributed by atoms with Crippen molar-refractivity contribution in [2.24, 2.45) is 0 Å². The van der Waals surface area contributed by atoms with Gasteiger partial charge in [0.1, 0.15) is 0 Å². The van der Waals surface area contributed by atoms with Gasteiger partial charge in [0.05, 0.1) is 19.8 Å². The van der Waals surface area contributed by atoms with E-state index >= 15 is 0 Å². The van der Waals surface area contributed by atoms with E-state index in [-0.39, 0.29) is 17.9 Å². The van der Waals surface area contributed by atoms with Crippen molar-refractivity contribution in [1.29, 1.82) is 0 Å². The van der Waals surface area contributed by atoms with E-state index in [1.54, 1.807) is 13.2 Å². The number of morpholine rings is 1. The SMILES string of the molecule is CCN1CCOC(CNC(C)c2ccc(O)c(OC)c2)C1. The third kappa shape index (κ3) is 4.33. The minimum absolute atomic E-state index is 0.169. The molecule has 1 aliphatic rings. The van der Waals surface area contributed by atoms with E-state index in [1.165, 1.54) is 0 Å². The molecule has 0 aliphatic carbocycles. The molecule has 1 aromatic rings. The maximum absolute atomic E-state index is 9.64. The molecule has 5 heteroatoms. The van der Waals surface area contributed by atoms with E-state index in [2.05, 4.69) is 24.1 Å².